The Morgan fingerprint density at radius 2 is 1.78 bits per heavy atom. The molecule has 0 heterocycles. The molecule has 8 heteroatoms. The molecule has 0 aliphatic rings. The molecule has 2 aromatic carbocycles. The number of rotatable bonds is 8. The minimum Gasteiger partial charge on any atom is -0.452 e. The van der Waals surface area contributed by atoms with Gasteiger partial charge in [-0.3, -0.25) is 9.52 Å². The summed E-state index contributed by atoms with van der Waals surface area (Å²) in [5.74, 6) is -1.10. The molecule has 0 radical (unpaired) electrons. The molecule has 0 fully saturated rings. The van der Waals surface area contributed by atoms with Crippen LogP contribution in [0.5, 0.6) is 0 Å². The molecule has 0 bridgehead atoms. The highest BCUT2D eigenvalue weighted by molar-refractivity contribution is 7.92. The number of hydrogen-bond acceptors (Lipinski definition) is 5. The van der Waals surface area contributed by atoms with E-state index in [4.69, 9.17) is 4.74 Å². The van der Waals surface area contributed by atoms with Crippen LogP contribution >= 0.6 is 0 Å². The van der Waals surface area contributed by atoms with Crippen molar-refractivity contribution in [3.63, 3.8) is 0 Å². The minimum atomic E-state index is -3.46. The van der Waals surface area contributed by atoms with Crippen LogP contribution in [0.3, 0.4) is 0 Å². The van der Waals surface area contributed by atoms with Crippen LogP contribution in [0.2, 0.25) is 0 Å². The third-order valence-corrected chi connectivity index (χ3v) is 5.18. The molecule has 0 saturated heterocycles. The second-order valence-corrected chi connectivity index (χ2v) is 7.71. The number of hydrogen-bond donors (Lipinski definition) is 1. The van der Waals surface area contributed by atoms with Crippen LogP contribution in [0, 0.1) is 0 Å². The quantitative estimate of drug-likeness (QED) is 0.700. The zero-order chi connectivity index (χ0) is 19.9. The Morgan fingerprint density at radius 1 is 1.07 bits per heavy atom. The zero-order valence-electron chi connectivity index (χ0n) is 15.2. The summed E-state index contributed by atoms with van der Waals surface area (Å²) in [5, 5.41) is 0. The molecule has 0 aliphatic heterocycles. The summed E-state index contributed by atoms with van der Waals surface area (Å²) in [7, 11) is -1.87. The van der Waals surface area contributed by atoms with E-state index in [1.807, 2.05) is 6.07 Å². The molecular formula is C19H22N2O5S. The Bertz CT molecular complexity index is 897. The van der Waals surface area contributed by atoms with Gasteiger partial charge in [-0.05, 0) is 36.8 Å². The summed E-state index contributed by atoms with van der Waals surface area (Å²) >= 11 is 0. The minimum absolute atomic E-state index is 0.0119. The summed E-state index contributed by atoms with van der Waals surface area (Å²) in [5.41, 5.74) is 1.11. The first-order chi connectivity index (χ1) is 12.8. The fraction of sp³-hybridized carbons (Fsp3) is 0.263. The van der Waals surface area contributed by atoms with Crippen LogP contribution in [-0.4, -0.2) is 39.7 Å². The number of benzene rings is 2. The van der Waals surface area contributed by atoms with E-state index in [1.54, 1.807) is 44.3 Å². The summed E-state index contributed by atoms with van der Waals surface area (Å²) in [6.07, 6.45) is 0.480. The molecule has 2 aromatic rings. The summed E-state index contributed by atoms with van der Waals surface area (Å²) in [6.45, 7) is 1.34. The second-order valence-electron chi connectivity index (χ2n) is 5.87. The largest absolute Gasteiger partial charge is 0.452 e. The third kappa shape index (κ3) is 6.10. The fourth-order valence-electron chi connectivity index (χ4n) is 2.31. The van der Waals surface area contributed by atoms with Gasteiger partial charge >= 0.3 is 5.97 Å². The van der Waals surface area contributed by atoms with Crippen LogP contribution in [0.4, 0.5) is 11.4 Å². The van der Waals surface area contributed by atoms with Gasteiger partial charge in [0.15, 0.2) is 6.61 Å². The van der Waals surface area contributed by atoms with Gasteiger partial charge in [0, 0.05) is 18.4 Å². The van der Waals surface area contributed by atoms with E-state index in [1.165, 1.54) is 23.1 Å². The molecule has 27 heavy (non-hydrogen) atoms. The van der Waals surface area contributed by atoms with Crippen molar-refractivity contribution in [2.45, 2.75) is 13.3 Å². The van der Waals surface area contributed by atoms with E-state index in [0.29, 0.717) is 12.1 Å². The first kappa shape index (κ1) is 20.4. The Hall–Kier alpha value is -2.87. The van der Waals surface area contributed by atoms with Gasteiger partial charge in [-0.2, -0.15) is 0 Å². The number of nitrogens with one attached hydrogen (secondary N) is 1. The molecule has 7 nitrogen and oxygen atoms in total. The van der Waals surface area contributed by atoms with Crippen molar-refractivity contribution < 1.29 is 22.7 Å². The molecule has 1 N–H and O–H groups in total. The molecule has 0 spiro atoms. The lowest BCUT2D eigenvalue weighted by atomic mass is 10.2. The maximum atomic E-state index is 12.2. The van der Waals surface area contributed by atoms with Gasteiger partial charge < -0.3 is 9.64 Å². The Morgan fingerprint density at radius 3 is 2.44 bits per heavy atom. The lowest BCUT2D eigenvalue weighted by Crippen LogP contribution is -2.31. The number of amides is 1. The number of para-hydroxylation sites is 1. The van der Waals surface area contributed by atoms with Crippen molar-refractivity contribution in [3.8, 4) is 0 Å². The topological polar surface area (TPSA) is 92.8 Å². The van der Waals surface area contributed by atoms with Crippen LogP contribution in [0.25, 0.3) is 0 Å². The summed E-state index contributed by atoms with van der Waals surface area (Å²) in [4.78, 5) is 25.7. The van der Waals surface area contributed by atoms with Gasteiger partial charge in [0.25, 0.3) is 5.91 Å². The number of ether oxygens (including phenoxy) is 1. The molecular weight excluding hydrogens is 368 g/mol. The van der Waals surface area contributed by atoms with Crippen LogP contribution in [-0.2, 0) is 19.6 Å². The number of anilines is 2. The van der Waals surface area contributed by atoms with Gasteiger partial charge in [-0.15, -0.1) is 0 Å². The second kappa shape index (κ2) is 9.18. The van der Waals surface area contributed by atoms with Gasteiger partial charge in [-0.25, -0.2) is 13.2 Å². The smallest absolute Gasteiger partial charge is 0.338 e. The third-order valence-electron chi connectivity index (χ3n) is 3.69. The van der Waals surface area contributed by atoms with Crippen LogP contribution in [0.1, 0.15) is 23.7 Å². The van der Waals surface area contributed by atoms with Gasteiger partial charge in [0.05, 0.1) is 11.3 Å². The first-order valence-corrected chi connectivity index (χ1v) is 10.1. The SMILES string of the molecule is CCCS(=O)(=O)Nc1cccc(C(=O)OCC(=O)N(C)c2ccccc2)c1. The average molecular weight is 390 g/mol. The molecule has 0 unspecified atom stereocenters. The zero-order valence-corrected chi connectivity index (χ0v) is 16.0. The standard InChI is InChI=1S/C19H22N2O5S/c1-3-12-27(24,25)20-16-9-7-8-15(13-16)19(23)26-14-18(22)21(2)17-10-5-4-6-11-17/h4-11,13,20H,3,12,14H2,1-2H3. The van der Waals surface area contributed by atoms with Crippen LogP contribution < -0.4 is 9.62 Å². The van der Waals surface area contributed by atoms with E-state index in [9.17, 15) is 18.0 Å². The van der Waals surface area contributed by atoms with Crippen molar-refractivity contribution in [1.29, 1.82) is 0 Å². The summed E-state index contributed by atoms with van der Waals surface area (Å²) < 4.78 is 31.1. The van der Waals surface area contributed by atoms with Crippen molar-refractivity contribution in [2.24, 2.45) is 0 Å². The first-order valence-electron chi connectivity index (χ1n) is 8.41. The van der Waals surface area contributed by atoms with E-state index in [0.717, 1.165) is 0 Å². The van der Waals surface area contributed by atoms with Crippen molar-refractivity contribution in [3.05, 3.63) is 60.2 Å². The highest BCUT2D eigenvalue weighted by atomic mass is 32.2. The molecule has 0 saturated carbocycles. The van der Waals surface area contributed by atoms with Crippen LogP contribution in [0.15, 0.2) is 54.6 Å². The molecule has 0 aromatic heterocycles. The maximum Gasteiger partial charge on any atom is 0.338 e. The average Bonchev–Trinajstić information content (AvgIpc) is 2.65. The van der Waals surface area contributed by atoms with Crippen molar-refractivity contribution in [1.82, 2.24) is 0 Å². The Labute approximate surface area is 159 Å². The molecule has 0 atom stereocenters. The highest BCUT2D eigenvalue weighted by Gasteiger charge is 2.16. The molecule has 0 aliphatic carbocycles. The number of likely N-dealkylation sites (N-methyl/N-ethyl adjacent to an activating group) is 1. The van der Waals surface area contributed by atoms with E-state index < -0.39 is 22.6 Å². The molecule has 1 amide bonds. The summed E-state index contributed by atoms with van der Waals surface area (Å²) in [6, 6.07) is 14.9. The highest BCUT2D eigenvalue weighted by Crippen LogP contribution is 2.15. The lowest BCUT2D eigenvalue weighted by molar-refractivity contribution is -0.121. The van der Waals surface area contributed by atoms with Crippen molar-refractivity contribution >= 4 is 33.3 Å². The molecule has 144 valence electrons. The number of nitrogens with zero attached hydrogens (tertiary/aromatic N) is 1. The number of sulfonamides is 1. The fourth-order valence-corrected chi connectivity index (χ4v) is 3.44. The predicted octanol–water partition coefficient (Wildman–Crippen LogP) is 2.66. The maximum absolute atomic E-state index is 12.2. The monoisotopic (exact) mass is 390 g/mol. The Kier molecular flexibility index (Phi) is 6.95. The van der Waals surface area contributed by atoms with Gasteiger partial charge in [0.2, 0.25) is 10.0 Å². The van der Waals surface area contributed by atoms with Gasteiger partial charge in [-0.1, -0.05) is 31.2 Å². The Balaban J connectivity index is 1.98. The number of carbonyl (C=O) groups is 2. The van der Waals surface area contributed by atoms with E-state index in [2.05, 4.69) is 4.72 Å². The normalized spacial score (nSPS) is 10.9. The predicted molar refractivity (Wildman–Crippen MR) is 104 cm³/mol. The number of esters is 1. The number of carbonyl (C=O) groups excluding carboxylic acids is 2. The lowest BCUT2D eigenvalue weighted by Gasteiger charge is -2.17. The van der Waals surface area contributed by atoms with Crippen molar-refractivity contribution in [2.75, 3.05) is 29.0 Å². The van der Waals surface area contributed by atoms with E-state index in [-0.39, 0.29) is 22.9 Å². The van der Waals surface area contributed by atoms with E-state index >= 15 is 0 Å². The van der Waals surface area contributed by atoms with Gasteiger partial charge in [0.1, 0.15) is 0 Å². The molecule has 2 rings (SSSR count).